The lowest BCUT2D eigenvalue weighted by atomic mass is 9.97. The summed E-state index contributed by atoms with van der Waals surface area (Å²) in [5, 5.41) is 2.07. The number of hydrogen-bond donors (Lipinski definition) is 2. The van der Waals surface area contributed by atoms with Crippen LogP contribution < -0.4 is 15.6 Å². The first-order chi connectivity index (χ1) is 13.5. The number of carbonyl (C=O) groups excluding carboxylic acids is 2. The van der Waals surface area contributed by atoms with Crippen LogP contribution >= 0.6 is 0 Å². The van der Waals surface area contributed by atoms with Crippen LogP contribution in [0.4, 0.5) is 0 Å². The van der Waals surface area contributed by atoms with E-state index in [-0.39, 0.29) is 11.8 Å². The summed E-state index contributed by atoms with van der Waals surface area (Å²) >= 11 is 0. The summed E-state index contributed by atoms with van der Waals surface area (Å²) in [4.78, 5) is 24.7. The van der Waals surface area contributed by atoms with E-state index in [1.54, 1.807) is 19.2 Å². The highest BCUT2D eigenvalue weighted by atomic mass is 16.5. The van der Waals surface area contributed by atoms with Crippen LogP contribution in [0.15, 0.2) is 60.7 Å². The summed E-state index contributed by atoms with van der Waals surface area (Å²) in [5.41, 5.74) is 7.53. The molecule has 2 N–H and O–H groups in total. The van der Waals surface area contributed by atoms with E-state index in [4.69, 9.17) is 4.74 Å². The molecule has 3 aromatic carbocycles. The number of hydrogen-bond acceptors (Lipinski definition) is 3. The quantitative estimate of drug-likeness (QED) is 0.662. The number of nitrogens with one attached hydrogen (secondary N) is 2. The average Bonchev–Trinajstić information content (AvgIpc) is 2.75. The van der Waals surface area contributed by atoms with Crippen molar-refractivity contribution in [3.63, 3.8) is 0 Å². The van der Waals surface area contributed by atoms with Crippen molar-refractivity contribution in [2.75, 3.05) is 7.11 Å². The Labute approximate surface area is 164 Å². The summed E-state index contributed by atoms with van der Waals surface area (Å²) in [6, 6.07) is 19.0. The number of carbonyl (C=O) groups is 2. The molecule has 0 saturated carbocycles. The second kappa shape index (κ2) is 8.57. The van der Waals surface area contributed by atoms with Gasteiger partial charge < -0.3 is 4.74 Å². The largest absolute Gasteiger partial charge is 0.497 e. The molecule has 0 aliphatic carbocycles. The molecule has 1 atom stereocenters. The molecule has 0 spiro atoms. The number of fused-ring (bicyclic) bond motifs is 1. The summed E-state index contributed by atoms with van der Waals surface area (Å²) in [7, 11) is 1.63. The third-order valence-electron chi connectivity index (χ3n) is 4.89. The molecule has 5 heteroatoms. The van der Waals surface area contributed by atoms with Crippen molar-refractivity contribution in [1.82, 2.24) is 10.9 Å². The van der Waals surface area contributed by atoms with E-state index in [2.05, 4.69) is 17.8 Å². The van der Waals surface area contributed by atoms with Crippen molar-refractivity contribution in [2.24, 2.45) is 0 Å². The summed E-state index contributed by atoms with van der Waals surface area (Å²) in [6.07, 6.45) is 0.911. The molecule has 0 aliphatic rings. The second-order valence-electron chi connectivity index (χ2n) is 6.69. The maximum atomic E-state index is 12.5. The van der Waals surface area contributed by atoms with Gasteiger partial charge in [-0.2, -0.15) is 0 Å². The smallest absolute Gasteiger partial charge is 0.269 e. The number of hydrazine groups is 1. The Bertz CT molecular complexity index is 996. The molecule has 2 amide bonds. The highest BCUT2D eigenvalue weighted by Gasteiger charge is 2.17. The Morgan fingerprint density at radius 1 is 0.929 bits per heavy atom. The SMILES string of the molecule is CCc1ccc(C(=O)NNC(=O)[C@@H](C)c2ccc3cc(OC)ccc3c2)cc1. The Morgan fingerprint density at radius 2 is 1.61 bits per heavy atom. The Morgan fingerprint density at radius 3 is 2.29 bits per heavy atom. The summed E-state index contributed by atoms with van der Waals surface area (Å²) in [5.74, 6) is -0.227. The average molecular weight is 376 g/mol. The van der Waals surface area contributed by atoms with Crippen LogP contribution in [-0.2, 0) is 11.2 Å². The van der Waals surface area contributed by atoms with Gasteiger partial charge in [0.2, 0.25) is 5.91 Å². The van der Waals surface area contributed by atoms with Gasteiger partial charge in [-0.15, -0.1) is 0 Å². The zero-order valence-electron chi connectivity index (χ0n) is 16.3. The molecule has 0 saturated heterocycles. The van der Waals surface area contributed by atoms with E-state index in [1.165, 1.54) is 0 Å². The highest BCUT2D eigenvalue weighted by Crippen LogP contribution is 2.25. The first-order valence-corrected chi connectivity index (χ1v) is 9.28. The molecule has 0 heterocycles. The predicted molar refractivity (Wildman–Crippen MR) is 110 cm³/mol. The van der Waals surface area contributed by atoms with E-state index in [0.717, 1.165) is 34.1 Å². The van der Waals surface area contributed by atoms with Crippen LogP contribution in [-0.4, -0.2) is 18.9 Å². The van der Waals surface area contributed by atoms with Gasteiger partial charge in [-0.25, -0.2) is 0 Å². The first-order valence-electron chi connectivity index (χ1n) is 9.28. The Hall–Kier alpha value is -3.34. The van der Waals surface area contributed by atoms with Crippen LogP contribution in [0.25, 0.3) is 10.8 Å². The van der Waals surface area contributed by atoms with E-state index in [0.29, 0.717) is 5.56 Å². The van der Waals surface area contributed by atoms with Gasteiger partial charge in [0, 0.05) is 5.56 Å². The third-order valence-corrected chi connectivity index (χ3v) is 4.89. The van der Waals surface area contributed by atoms with Gasteiger partial charge in [-0.1, -0.05) is 43.3 Å². The van der Waals surface area contributed by atoms with Gasteiger partial charge >= 0.3 is 0 Å². The highest BCUT2D eigenvalue weighted by molar-refractivity contribution is 5.96. The molecular weight excluding hydrogens is 352 g/mol. The number of aryl methyl sites for hydroxylation is 1. The van der Waals surface area contributed by atoms with E-state index >= 15 is 0 Å². The maximum Gasteiger partial charge on any atom is 0.269 e. The fourth-order valence-corrected chi connectivity index (χ4v) is 2.98. The Kier molecular flexibility index (Phi) is 5.94. The minimum atomic E-state index is -0.408. The lowest BCUT2D eigenvalue weighted by Crippen LogP contribution is -2.43. The number of methoxy groups -OCH3 is 1. The first kappa shape index (κ1) is 19.4. The molecule has 3 aromatic rings. The van der Waals surface area contributed by atoms with Crippen molar-refractivity contribution < 1.29 is 14.3 Å². The number of benzene rings is 3. The lowest BCUT2D eigenvalue weighted by Gasteiger charge is -2.14. The second-order valence-corrected chi connectivity index (χ2v) is 6.69. The van der Waals surface area contributed by atoms with Crippen LogP contribution in [0.2, 0.25) is 0 Å². The van der Waals surface area contributed by atoms with Gasteiger partial charge in [0.1, 0.15) is 5.75 Å². The van der Waals surface area contributed by atoms with Crippen molar-refractivity contribution in [3.05, 3.63) is 77.4 Å². The maximum absolute atomic E-state index is 12.5. The lowest BCUT2D eigenvalue weighted by molar-refractivity contribution is -0.123. The van der Waals surface area contributed by atoms with Crippen LogP contribution in [0.1, 0.15) is 41.3 Å². The molecule has 3 rings (SSSR count). The van der Waals surface area contributed by atoms with Gasteiger partial charge in [-0.05, 0) is 59.5 Å². The normalized spacial score (nSPS) is 11.7. The topological polar surface area (TPSA) is 67.4 Å². The summed E-state index contributed by atoms with van der Waals surface area (Å²) in [6.45, 7) is 3.86. The molecule has 0 radical (unpaired) electrons. The van der Waals surface area contributed by atoms with Crippen molar-refractivity contribution in [1.29, 1.82) is 0 Å². The van der Waals surface area contributed by atoms with Crippen molar-refractivity contribution >= 4 is 22.6 Å². The number of ether oxygens (including phenoxy) is 1. The van der Waals surface area contributed by atoms with E-state index in [9.17, 15) is 9.59 Å². The Balaban J connectivity index is 1.64. The third kappa shape index (κ3) is 4.31. The molecule has 0 unspecified atom stereocenters. The fraction of sp³-hybridized carbons (Fsp3) is 0.217. The monoisotopic (exact) mass is 376 g/mol. The van der Waals surface area contributed by atoms with Gasteiger partial charge in [-0.3, -0.25) is 20.4 Å². The molecule has 0 fully saturated rings. The van der Waals surface area contributed by atoms with Gasteiger partial charge in [0.15, 0.2) is 0 Å². The molecule has 0 aliphatic heterocycles. The molecule has 144 valence electrons. The number of rotatable bonds is 5. The molecule has 0 aromatic heterocycles. The molecular formula is C23H24N2O3. The predicted octanol–water partition coefficient (Wildman–Crippen LogP) is 3.98. The summed E-state index contributed by atoms with van der Waals surface area (Å²) < 4.78 is 5.24. The zero-order chi connectivity index (χ0) is 20.1. The van der Waals surface area contributed by atoms with Gasteiger partial charge in [0.05, 0.1) is 13.0 Å². The zero-order valence-corrected chi connectivity index (χ0v) is 16.3. The van der Waals surface area contributed by atoms with E-state index in [1.807, 2.05) is 55.5 Å². The minimum absolute atomic E-state index is 0.272. The van der Waals surface area contributed by atoms with Crippen LogP contribution in [0.3, 0.4) is 0 Å². The van der Waals surface area contributed by atoms with Crippen molar-refractivity contribution in [3.8, 4) is 5.75 Å². The number of amides is 2. The minimum Gasteiger partial charge on any atom is -0.497 e. The standard InChI is InChI=1S/C23H24N2O3/c1-4-16-5-7-17(8-6-16)23(27)25-24-22(26)15(2)18-9-10-20-14-21(28-3)12-11-19(20)13-18/h5-15H,4H2,1-3H3,(H,24,26)(H,25,27)/t15-/m0/s1. The van der Waals surface area contributed by atoms with Crippen LogP contribution in [0.5, 0.6) is 5.75 Å². The molecule has 28 heavy (non-hydrogen) atoms. The van der Waals surface area contributed by atoms with Gasteiger partial charge in [0.25, 0.3) is 5.91 Å². The molecule has 5 nitrogen and oxygen atoms in total. The molecule has 0 bridgehead atoms. The van der Waals surface area contributed by atoms with Crippen molar-refractivity contribution in [2.45, 2.75) is 26.2 Å². The van der Waals surface area contributed by atoms with Crippen LogP contribution in [0, 0.1) is 0 Å². The fourth-order valence-electron chi connectivity index (χ4n) is 2.98. The van der Waals surface area contributed by atoms with E-state index < -0.39 is 5.92 Å².